The van der Waals surface area contributed by atoms with Gasteiger partial charge in [-0.3, -0.25) is 0 Å². The Kier molecular flexibility index (Phi) is 6.11. The Hall–Kier alpha value is -3.95. The first-order valence-electron chi connectivity index (χ1n) is 11.6. The van der Waals surface area contributed by atoms with E-state index in [4.69, 9.17) is 9.26 Å². The van der Waals surface area contributed by atoms with Gasteiger partial charge in [0, 0.05) is 23.7 Å². The largest absolute Gasteiger partial charge is 0.490 e. The molecule has 6 heteroatoms. The first kappa shape index (κ1) is 21.9. The predicted octanol–water partition coefficient (Wildman–Crippen LogP) is 5.84. The Morgan fingerprint density at radius 2 is 1.97 bits per heavy atom. The smallest absolute Gasteiger partial charge is 0.258 e. The highest BCUT2D eigenvalue weighted by atomic mass is 16.5. The SMILES string of the molecule is CC(C)Oc1ccc(-c2nc(-c3cccc4c3CC[C@H]4NCc3ccccc3)no2)cc1C#N. The molecule has 1 atom stereocenters. The highest BCUT2D eigenvalue weighted by molar-refractivity contribution is 5.67. The number of hydrogen-bond acceptors (Lipinski definition) is 6. The van der Waals surface area contributed by atoms with Crippen LogP contribution in [-0.2, 0) is 13.0 Å². The fourth-order valence-electron chi connectivity index (χ4n) is 4.47. The minimum absolute atomic E-state index is 0.0147. The Bertz CT molecular complexity index is 1340. The highest BCUT2D eigenvalue weighted by Crippen LogP contribution is 2.37. The second-order valence-corrected chi connectivity index (χ2v) is 8.74. The minimum atomic E-state index is -0.0147. The Morgan fingerprint density at radius 3 is 2.76 bits per heavy atom. The second-order valence-electron chi connectivity index (χ2n) is 8.74. The van der Waals surface area contributed by atoms with E-state index < -0.39 is 0 Å². The van der Waals surface area contributed by atoms with Gasteiger partial charge in [0.05, 0.1) is 11.7 Å². The molecular formula is C28H26N4O2. The van der Waals surface area contributed by atoms with E-state index in [0.717, 1.165) is 24.9 Å². The molecule has 0 aliphatic heterocycles. The van der Waals surface area contributed by atoms with Gasteiger partial charge in [-0.1, -0.05) is 53.7 Å². The van der Waals surface area contributed by atoms with Crippen molar-refractivity contribution in [3.8, 4) is 34.7 Å². The zero-order valence-corrected chi connectivity index (χ0v) is 19.3. The normalized spacial score (nSPS) is 14.7. The summed E-state index contributed by atoms with van der Waals surface area (Å²) < 4.78 is 11.3. The first-order valence-corrected chi connectivity index (χ1v) is 11.6. The molecule has 0 saturated carbocycles. The molecule has 1 aliphatic rings. The van der Waals surface area contributed by atoms with Crippen molar-refractivity contribution in [1.29, 1.82) is 5.26 Å². The van der Waals surface area contributed by atoms with Crippen molar-refractivity contribution in [2.24, 2.45) is 0 Å². The Labute approximate surface area is 199 Å². The minimum Gasteiger partial charge on any atom is -0.490 e. The van der Waals surface area contributed by atoms with E-state index >= 15 is 0 Å². The van der Waals surface area contributed by atoms with Gasteiger partial charge in [-0.05, 0) is 61.6 Å². The summed E-state index contributed by atoms with van der Waals surface area (Å²) in [5.74, 6) is 1.50. The molecule has 170 valence electrons. The summed E-state index contributed by atoms with van der Waals surface area (Å²) in [6.45, 7) is 4.69. The zero-order chi connectivity index (χ0) is 23.5. The van der Waals surface area contributed by atoms with Gasteiger partial charge in [-0.2, -0.15) is 10.2 Å². The summed E-state index contributed by atoms with van der Waals surface area (Å²) in [5.41, 5.74) is 5.97. The molecule has 0 radical (unpaired) electrons. The van der Waals surface area contributed by atoms with Crippen LogP contribution in [-0.4, -0.2) is 16.2 Å². The third-order valence-corrected chi connectivity index (χ3v) is 6.04. The molecular weight excluding hydrogens is 424 g/mol. The van der Waals surface area contributed by atoms with E-state index in [9.17, 15) is 5.26 Å². The molecule has 0 bridgehead atoms. The molecule has 34 heavy (non-hydrogen) atoms. The van der Waals surface area contributed by atoms with Crippen LogP contribution >= 0.6 is 0 Å². The lowest BCUT2D eigenvalue weighted by atomic mass is 10.0. The fraction of sp³-hybridized carbons (Fsp3) is 0.250. The van der Waals surface area contributed by atoms with Gasteiger partial charge in [0.1, 0.15) is 11.8 Å². The van der Waals surface area contributed by atoms with E-state index in [1.807, 2.05) is 32.0 Å². The summed E-state index contributed by atoms with van der Waals surface area (Å²) >= 11 is 0. The number of hydrogen-bond donors (Lipinski definition) is 1. The Balaban J connectivity index is 1.38. The summed E-state index contributed by atoms with van der Waals surface area (Å²) in [7, 11) is 0. The molecule has 1 aromatic heterocycles. The highest BCUT2D eigenvalue weighted by Gasteiger charge is 2.26. The van der Waals surface area contributed by atoms with Crippen LogP contribution < -0.4 is 10.1 Å². The number of rotatable bonds is 7. The lowest BCUT2D eigenvalue weighted by Gasteiger charge is -2.14. The van der Waals surface area contributed by atoms with Gasteiger partial charge in [0.15, 0.2) is 0 Å². The number of fused-ring (bicyclic) bond motifs is 1. The van der Waals surface area contributed by atoms with E-state index in [1.54, 1.807) is 12.1 Å². The number of nitrogens with one attached hydrogen (secondary N) is 1. The number of nitrogens with zero attached hydrogens (tertiary/aromatic N) is 3. The van der Waals surface area contributed by atoms with Gasteiger partial charge in [-0.25, -0.2) is 0 Å². The van der Waals surface area contributed by atoms with Crippen LogP contribution in [0.15, 0.2) is 71.3 Å². The van der Waals surface area contributed by atoms with Crippen molar-refractivity contribution >= 4 is 0 Å². The maximum Gasteiger partial charge on any atom is 0.258 e. The molecule has 3 aromatic carbocycles. The lowest BCUT2D eigenvalue weighted by Crippen LogP contribution is -2.18. The molecule has 0 spiro atoms. The third kappa shape index (κ3) is 4.43. The van der Waals surface area contributed by atoms with Gasteiger partial charge in [-0.15, -0.1) is 0 Å². The number of aromatic nitrogens is 2. The van der Waals surface area contributed by atoms with Crippen molar-refractivity contribution in [2.45, 2.75) is 45.4 Å². The van der Waals surface area contributed by atoms with Crippen LogP contribution in [0.5, 0.6) is 5.75 Å². The first-order chi connectivity index (χ1) is 16.6. The van der Waals surface area contributed by atoms with Crippen molar-refractivity contribution < 1.29 is 9.26 Å². The van der Waals surface area contributed by atoms with E-state index in [-0.39, 0.29) is 6.10 Å². The van der Waals surface area contributed by atoms with Crippen molar-refractivity contribution in [2.75, 3.05) is 0 Å². The number of ether oxygens (including phenoxy) is 1. The molecule has 6 nitrogen and oxygen atoms in total. The average Bonchev–Trinajstić information content (AvgIpc) is 3.51. The van der Waals surface area contributed by atoms with Crippen molar-refractivity contribution in [3.05, 3.63) is 89.0 Å². The predicted molar refractivity (Wildman–Crippen MR) is 130 cm³/mol. The average molecular weight is 451 g/mol. The van der Waals surface area contributed by atoms with Crippen molar-refractivity contribution in [3.63, 3.8) is 0 Å². The van der Waals surface area contributed by atoms with Crippen LogP contribution in [0.2, 0.25) is 0 Å². The third-order valence-electron chi connectivity index (χ3n) is 6.04. The van der Waals surface area contributed by atoms with E-state index in [2.05, 4.69) is 57.9 Å². The molecule has 1 aliphatic carbocycles. The summed E-state index contributed by atoms with van der Waals surface area (Å²) in [5, 5.41) is 17.5. The summed E-state index contributed by atoms with van der Waals surface area (Å²) in [6, 6.07) is 24.6. The fourth-order valence-corrected chi connectivity index (χ4v) is 4.47. The number of nitriles is 1. The maximum atomic E-state index is 9.53. The topological polar surface area (TPSA) is 84.0 Å². The molecule has 5 rings (SSSR count). The summed E-state index contributed by atoms with van der Waals surface area (Å²) in [6.07, 6.45) is 1.98. The Morgan fingerprint density at radius 1 is 1.12 bits per heavy atom. The van der Waals surface area contributed by atoms with Crippen LogP contribution in [0.4, 0.5) is 0 Å². The van der Waals surface area contributed by atoms with E-state index in [0.29, 0.717) is 34.6 Å². The van der Waals surface area contributed by atoms with Crippen LogP contribution in [0, 0.1) is 11.3 Å². The van der Waals surface area contributed by atoms with Gasteiger partial charge in [0.2, 0.25) is 5.82 Å². The molecule has 0 unspecified atom stereocenters. The van der Waals surface area contributed by atoms with Gasteiger partial charge < -0.3 is 14.6 Å². The zero-order valence-electron chi connectivity index (χ0n) is 19.3. The molecule has 1 heterocycles. The summed E-state index contributed by atoms with van der Waals surface area (Å²) in [4.78, 5) is 4.66. The van der Waals surface area contributed by atoms with Crippen molar-refractivity contribution in [1.82, 2.24) is 15.5 Å². The van der Waals surface area contributed by atoms with Gasteiger partial charge in [0.25, 0.3) is 5.89 Å². The monoisotopic (exact) mass is 450 g/mol. The molecule has 0 amide bonds. The van der Waals surface area contributed by atoms with Crippen LogP contribution in [0.1, 0.15) is 48.6 Å². The van der Waals surface area contributed by atoms with Gasteiger partial charge >= 0.3 is 0 Å². The van der Waals surface area contributed by atoms with Crippen LogP contribution in [0.3, 0.4) is 0 Å². The van der Waals surface area contributed by atoms with E-state index in [1.165, 1.54) is 16.7 Å². The molecule has 0 saturated heterocycles. The molecule has 0 fully saturated rings. The van der Waals surface area contributed by atoms with Crippen LogP contribution in [0.25, 0.3) is 22.8 Å². The standard InChI is InChI=1S/C28H26N4O2/c1-18(2)33-26-14-11-20(15-21(26)16-29)28-31-27(32-34-28)24-10-6-9-23-22(24)12-13-25(23)30-17-19-7-4-3-5-8-19/h3-11,14-15,18,25,30H,12-13,17H2,1-2H3/t25-/m1/s1. The molecule has 1 N–H and O–H groups in total. The number of benzene rings is 3. The quantitative estimate of drug-likeness (QED) is 0.381. The maximum absolute atomic E-state index is 9.53. The molecule has 4 aromatic rings. The lowest BCUT2D eigenvalue weighted by molar-refractivity contribution is 0.241. The second kappa shape index (κ2) is 9.50.